The van der Waals surface area contributed by atoms with Crippen molar-refractivity contribution in [3.63, 3.8) is 0 Å². The standard InChI is InChI=1S/C10H17/c1-4-5-6-7-8-9-10(2)3/h10H,2,4-7H2,1,3H3. The van der Waals surface area contributed by atoms with Crippen LogP contribution in [0.3, 0.4) is 0 Å². The molecule has 0 N–H and O–H groups in total. The van der Waals surface area contributed by atoms with E-state index in [2.05, 4.69) is 25.7 Å². The molecule has 0 aliphatic carbocycles. The van der Waals surface area contributed by atoms with Crippen molar-refractivity contribution >= 4 is 0 Å². The fraction of sp³-hybridized carbons (Fsp3) is 0.700. The van der Waals surface area contributed by atoms with Crippen LogP contribution in [-0.2, 0) is 0 Å². The van der Waals surface area contributed by atoms with Gasteiger partial charge in [-0.05, 0) is 13.3 Å². The molecule has 0 aliphatic rings. The third-order valence-electron chi connectivity index (χ3n) is 1.25. The number of hydrogen-bond acceptors (Lipinski definition) is 0. The van der Waals surface area contributed by atoms with Gasteiger partial charge in [-0.25, -0.2) is 0 Å². The zero-order valence-electron chi connectivity index (χ0n) is 7.11. The van der Waals surface area contributed by atoms with Gasteiger partial charge in [0.25, 0.3) is 0 Å². The van der Waals surface area contributed by atoms with Crippen LogP contribution in [0.4, 0.5) is 0 Å². The summed E-state index contributed by atoms with van der Waals surface area (Å²) in [5.41, 5.74) is 0. The first kappa shape index (κ1) is 9.56. The molecule has 0 bridgehead atoms. The van der Waals surface area contributed by atoms with Gasteiger partial charge in [0.15, 0.2) is 0 Å². The van der Waals surface area contributed by atoms with E-state index in [1.807, 2.05) is 6.92 Å². The molecule has 0 aromatic carbocycles. The molecule has 1 radical (unpaired) electrons. The lowest BCUT2D eigenvalue weighted by molar-refractivity contribution is 0.736. The minimum atomic E-state index is 0.293. The van der Waals surface area contributed by atoms with Gasteiger partial charge in [-0.1, -0.05) is 26.7 Å². The van der Waals surface area contributed by atoms with Gasteiger partial charge in [-0.2, -0.15) is 0 Å². The second-order valence-corrected chi connectivity index (χ2v) is 2.68. The van der Waals surface area contributed by atoms with E-state index >= 15 is 0 Å². The third kappa shape index (κ3) is 7.56. The molecule has 0 aromatic rings. The number of hydrogen-bond donors (Lipinski definition) is 0. The molecule has 0 aromatic heterocycles. The molecule has 0 fully saturated rings. The van der Waals surface area contributed by atoms with Crippen LogP contribution in [0.5, 0.6) is 0 Å². The van der Waals surface area contributed by atoms with E-state index in [1.165, 1.54) is 19.3 Å². The quantitative estimate of drug-likeness (QED) is 0.414. The highest BCUT2D eigenvalue weighted by atomic mass is 13.9. The van der Waals surface area contributed by atoms with E-state index in [4.69, 9.17) is 0 Å². The molecule has 1 atom stereocenters. The SMILES string of the molecule is [CH2]C(C)C#CCCCCC. The van der Waals surface area contributed by atoms with Gasteiger partial charge in [-0.3, -0.25) is 0 Å². The molecule has 0 rings (SSSR count). The minimum absolute atomic E-state index is 0.293. The topological polar surface area (TPSA) is 0 Å². The number of unbranched alkanes of at least 4 members (excludes halogenated alkanes) is 3. The molecule has 10 heavy (non-hydrogen) atoms. The largest absolute Gasteiger partial charge is 0.103 e. The summed E-state index contributed by atoms with van der Waals surface area (Å²) < 4.78 is 0. The first-order valence-electron chi connectivity index (χ1n) is 4.08. The molecule has 0 aliphatic heterocycles. The monoisotopic (exact) mass is 137 g/mol. The van der Waals surface area contributed by atoms with Gasteiger partial charge < -0.3 is 0 Å². The van der Waals surface area contributed by atoms with Crippen LogP contribution >= 0.6 is 0 Å². The second-order valence-electron chi connectivity index (χ2n) is 2.68. The Bertz CT molecular complexity index is 112. The van der Waals surface area contributed by atoms with E-state index in [0.717, 1.165) is 6.42 Å². The van der Waals surface area contributed by atoms with Gasteiger partial charge in [0, 0.05) is 12.3 Å². The van der Waals surface area contributed by atoms with Crippen LogP contribution < -0.4 is 0 Å². The first-order valence-corrected chi connectivity index (χ1v) is 4.08. The summed E-state index contributed by atoms with van der Waals surface area (Å²) >= 11 is 0. The van der Waals surface area contributed by atoms with Crippen LogP contribution in [0.2, 0.25) is 0 Å². The van der Waals surface area contributed by atoms with Crippen molar-refractivity contribution in [2.24, 2.45) is 5.92 Å². The average molecular weight is 137 g/mol. The fourth-order valence-corrected chi connectivity index (χ4v) is 0.710. The molecule has 1 unspecified atom stereocenters. The Morgan fingerprint density at radius 1 is 1.40 bits per heavy atom. The summed E-state index contributed by atoms with van der Waals surface area (Å²) in [6.45, 7) is 8.01. The highest BCUT2D eigenvalue weighted by Gasteiger charge is 1.82. The Morgan fingerprint density at radius 3 is 2.60 bits per heavy atom. The minimum Gasteiger partial charge on any atom is -0.103 e. The Balaban J connectivity index is 3.12. The van der Waals surface area contributed by atoms with Crippen LogP contribution in [0.15, 0.2) is 0 Å². The van der Waals surface area contributed by atoms with Crippen molar-refractivity contribution < 1.29 is 0 Å². The maximum atomic E-state index is 3.78. The molecule has 0 spiro atoms. The molecule has 0 heterocycles. The van der Waals surface area contributed by atoms with E-state index in [1.54, 1.807) is 0 Å². The van der Waals surface area contributed by atoms with Crippen molar-refractivity contribution in [3.8, 4) is 11.8 Å². The Morgan fingerprint density at radius 2 is 2.10 bits per heavy atom. The maximum Gasteiger partial charge on any atom is 0.0175 e. The van der Waals surface area contributed by atoms with Gasteiger partial charge in [0.1, 0.15) is 0 Å². The second kappa shape index (κ2) is 6.68. The zero-order valence-corrected chi connectivity index (χ0v) is 7.11. The van der Waals surface area contributed by atoms with E-state index < -0.39 is 0 Å². The summed E-state index contributed by atoms with van der Waals surface area (Å²) in [5.74, 6) is 6.44. The van der Waals surface area contributed by atoms with Gasteiger partial charge in [0.05, 0.1) is 0 Å². The highest BCUT2D eigenvalue weighted by Crippen LogP contribution is 1.97. The van der Waals surface area contributed by atoms with Crippen molar-refractivity contribution in [1.82, 2.24) is 0 Å². The average Bonchev–Trinajstić information content (AvgIpc) is 1.87. The Hall–Kier alpha value is -0.440. The summed E-state index contributed by atoms with van der Waals surface area (Å²) in [6, 6.07) is 0. The van der Waals surface area contributed by atoms with Crippen LogP contribution in [0, 0.1) is 24.7 Å². The zero-order chi connectivity index (χ0) is 7.82. The van der Waals surface area contributed by atoms with Crippen molar-refractivity contribution in [2.75, 3.05) is 0 Å². The Kier molecular flexibility index (Phi) is 6.38. The lowest BCUT2D eigenvalue weighted by atomic mass is 10.2. The normalized spacial score (nSPS) is 9.20. The summed E-state index contributed by atoms with van der Waals surface area (Å²) in [5, 5.41) is 0. The highest BCUT2D eigenvalue weighted by molar-refractivity contribution is 5.03. The molecule has 0 saturated carbocycles. The van der Waals surface area contributed by atoms with Crippen LogP contribution in [0.25, 0.3) is 0 Å². The van der Waals surface area contributed by atoms with Crippen molar-refractivity contribution in [2.45, 2.75) is 39.5 Å². The lowest BCUT2D eigenvalue weighted by Crippen LogP contribution is -1.78. The summed E-state index contributed by atoms with van der Waals surface area (Å²) in [6.07, 6.45) is 4.88. The van der Waals surface area contributed by atoms with Gasteiger partial charge >= 0.3 is 0 Å². The lowest BCUT2D eigenvalue weighted by Gasteiger charge is -1.89. The van der Waals surface area contributed by atoms with Gasteiger partial charge in [0.2, 0.25) is 0 Å². The predicted octanol–water partition coefficient (Wildman–Crippen LogP) is 3.04. The van der Waals surface area contributed by atoms with Gasteiger partial charge in [-0.15, -0.1) is 11.8 Å². The molecule has 57 valence electrons. The van der Waals surface area contributed by atoms with Crippen molar-refractivity contribution in [1.29, 1.82) is 0 Å². The molecule has 0 nitrogen and oxygen atoms in total. The van der Waals surface area contributed by atoms with E-state index in [-0.39, 0.29) is 0 Å². The van der Waals surface area contributed by atoms with E-state index in [0.29, 0.717) is 5.92 Å². The first-order chi connectivity index (χ1) is 4.77. The molecule has 0 heteroatoms. The van der Waals surface area contributed by atoms with E-state index in [9.17, 15) is 0 Å². The van der Waals surface area contributed by atoms with Crippen molar-refractivity contribution in [3.05, 3.63) is 6.92 Å². The maximum absolute atomic E-state index is 3.78. The molecular weight excluding hydrogens is 120 g/mol. The molecule has 0 amide bonds. The van der Waals surface area contributed by atoms with Crippen LogP contribution in [-0.4, -0.2) is 0 Å². The predicted molar refractivity (Wildman–Crippen MR) is 46.4 cm³/mol. The number of rotatable bonds is 3. The third-order valence-corrected chi connectivity index (χ3v) is 1.25. The van der Waals surface area contributed by atoms with Crippen LogP contribution in [0.1, 0.15) is 39.5 Å². The molecular formula is C10H17. The molecule has 0 saturated heterocycles. The summed E-state index contributed by atoms with van der Waals surface area (Å²) in [7, 11) is 0. The smallest absolute Gasteiger partial charge is 0.0175 e. The fourth-order valence-electron chi connectivity index (χ4n) is 0.710. The Labute approximate surface area is 65.0 Å². The summed E-state index contributed by atoms with van der Waals surface area (Å²) in [4.78, 5) is 0.